The van der Waals surface area contributed by atoms with Gasteiger partial charge in [-0.05, 0) is 37.3 Å². The predicted molar refractivity (Wildman–Crippen MR) is 112 cm³/mol. The number of esters is 1. The van der Waals surface area contributed by atoms with Gasteiger partial charge in [-0.1, -0.05) is 25.1 Å². The number of anilines is 1. The Kier molecular flexibility index (Phi) is 7.85. The second-order valence-corrected chi connectivity index (χ2v) is 6.56. The Balaban J connectivity index is 2.09. The Labute approximate surface area is 173 Å². The smallest absolute Gasteiger partial charge is 0.315 e. The fourth-order valence-electron chi connectivity index (χ4n) is 2.55. The summed E-state index contributed by atoms with van der Waals surface area (Å²) in [5.74, 6) is -0.638. The first-order chi connectivity index (χ1) is 13.8. The molecular formula is C20H21ClN4O4. The van der Waals surface area contributed by atoms with Crippen molar-refractivity contribution in [3.8, 4) is 0 Å². The van der Waals surface area contributed by atoms with E-state index in [0.717, 1.165) is 11.9 Å². The van der Waals surface area contributed by atoms with Crippen LogP contribution in [0.25, 0.3) is 0 Å². The summed E-state index contributed by atoms with van der Waals surface area (Å²) in [4.78, 5) is 24.1. The van der Waals surface area contributed by atoms with E-state index >= 15 is 0 Å². The first-order valence-corrected chi connectivity index (χ1v) is 9.25. The van der Waals surface area contributed by atoms with Crippen molar-refractivity contribution in [2.75, 3.05) is 18.0 Å². The number of ether oxygens (including phenoxy) is 1. The number of azo groups is 1. The molecule has 8 nitrogen and oxygen atoms in total. The van der Waals surface area contributed by atoms with Crippen molar-refractivity contribution in [1.82, 2.24) is 0 Å². The van der Waals surface area contributed by atoms with Crippen LogP contribution in [-0.4, -0.2) is 24.0 Å². The third kappa shape index (κ3) is 6.11. The minimum atomic E-state index is -0.525. The van der Waals surface area contributed by atoms with Gasteiger partial charge in [-0.15, -0.1) is 5.11 Å². The van der Waals surface area contributed by atoms with E-state index in [1.807, 2.05) is 24.0 Å². The van der Waals surface area contributed by atoms with Gasteiger partial charge < -0.3 is 9.64 Å². The molecule has 0 aliphatic carbocycles. The molecule has 152 valence electrons. The maximum absolute atomic E-state index is 11.8. The van der Waals surface area contributed by atoms with Crippen LogP contribution in [0.15, 0.2) is 65.5 Å². The van der Waals surface area contributed by atoms with Crippen molar-refractivity contribution in [1.29, 1.82) is 0 Å². The monoisotopic (exact) mass is 416 g/mol. The third-order valence-corrected chi connectivity index (χ3v) is 4.41. The SMILES string of the molecule is C=COC(=O)C(C)CN(CC)c1ccc(N=Nc2ccc([N+](=O)[O-])cc2Cl)cc1. The van der Waals surface area contributed by atoms with Gasteiger partial charge in [0.05, 0.1) is 27.8 Å². The quantitative estimate of drug-likeness (QED) is 0.169. The molecule has 1 atom stereocenters. The van der Waals surface area contributed by atoms with Gasteiger partial charge in [0, 0.05) is 30.9 Å². The molecule has 0 aliphatic rings. The highest BCUT2D eigenvalue weighted by atomic mass is 35.5. The standard InChI is InChI=1S/C20H21ClN4O4/c1-4-24(13-14(3)20(26)29-5-2)16-8-6-15(7-9-16)22-23-19-11-10-17(25(27)28)12-18(19)21/h5-12,14H,2,4,13H2,1,3H3. The maximum atomic E-state index is 11.8. The van der Waals surface area contributed by atoms with Gasteiger partial charge in [0.2, 0.25) is 0 Å². The predicted octanol–water partition coefficient (Wildman–Crippen LogP) is 5.81. The number of nitro benzene ring substituents is 1. The van der Waals surface area contributed by atoms with Gasteiger partial charge in [0.25, 0.3) is 5.69 Å². The Bertz CT molecular complexity index is 915. The summed E-state index contributed by atoms with van der Waals surface area (Å²) in [6, 6.07) is 11.3. The summed E-state index contributed by atoms with van der Waals surface area (Å²) in [6.45, 7) is 8.40. The van der Waals surface area contributed by atoms with Gasteiger partial charge in [0.15, 0.2) is 0 Å². The van der Waals surface area contributed by atoms with Crippen molar-refractivity contribution in [3.63, 3.8) is 0 Å². The molecule has 0 amide bonds. The number of nitrogens with zero attached hydrogens (tertiary/aromatic N) is 4. The molecule has 2 rings (SSSR count). The van der Waals surface area contributed by atoms with Crippen LogP contribution >= 0.6 is 11.6 Å². The van der Waals surface area contributed by atoms with Crippen molar-refractivity contribution in [2.24, 2.45) is 16.1 Å². The molecule has 29 heavy (non-hydrogen) atoms. The maximum Gasteiger partial charge on any atom is 0.315 e. The van der Waals surface area contributed by atoms with Crippen LogP contribution in [0.3, 0.4) is 0 Å². The number of benzene rings is 2. The number of non-ortho nitro benzene ring substituents is 1. The molecule has 2 aromatic rings. The van der Waals surface area contributed by atoms with E-state index in [9.17, 15) is 14.9 Å². The highest BCUT2D eigenvalue weighted by Gasteiger charge is 2.17. The van der Waals surface area contributed by atoms with Gasteiger partial charge >= 0.3 is 5.97 Å². The molecule has 0 heterocycles. The largest absolute Gasteiger partial charge is 0.435 e. The van der Waals surface area contributed by atoms with E-state index < -0.39 is 4.92 Å². The molecule has 0 N–H and O–H groups in total. The van der Waals surface area contributed by atoms with Crippen LogP contribution < -0.4 is 4.90 Å². The third-order valence-electron chi connectivity index (χ3n) is 4.11. The second-order valence-electron chi connectivity index (χ2n) is 6.15. The lowest BCUT2D eigenvalue weighted by Gasteiger charge is -2.25. The van der Waals surface area contributed by atoms with E-state index in [2.05, 4.69) is 16.8 Å². The zero-order chi connectivity index (χ0) is 21.4. The lowest BCUT2D eigenvalue weighted by molar-refractivity contribution is -0.384. The molecule has 0 saturated heterocycles. The van der Waals surface area contributed by atoms with E-state index in [4.69, 9.17) is 16.3 Å². The summed E-state index contributed by atoms with van der Waals surface area (Å²) in [5, 5.41) is 19.1. The van der Waals surface area contributed by atoms with E-state index in [1.54, 1.807) is 19.1 Å². The van der Waals surface area contributed by atoms with Gasteiger partial charge in [-0.2, -0.15) is 5.11 Å². The lowest BCUT2D eigenvalue weighted by Crippen LogP contribution is -2.32. The summed E-state index contributed by atoms with van der Waals surface area (Å²) < 4.78 is 4.83. The molecule has 0 aromatic heterocycles. The minimum absolute atomic E-state index is 0.107. The van der Waals surface area contributed by atoms with Crippen molar-refractivity contribution in [2.45, 2.75) is 13.8 Å². The van der Waals surface area contributed by atoms with Crippen LogP contribution in [0.4, 0.5) is 22.7 Å². The molecule has 0 saturated carbocycles. The number of halogens is 1. The Morgan fingerprint density at radius 2 is 2.00 bits per heavy atom. The number of carbonyl (C=O) groups excluding carboxylic acids is 1. The molecule has 0 fully saturated rings. The number of rotatable bonds is 9. The molecule has 9 heteroatoms. The molecule has 0 aliphatic heterocycles. The van der Waals surface area contributed by atoms with Gasteiger partial charge in [0.1, 0.15) is 5.69 Å². The number of hydrogen-bond acceptors (Lipinski definition) is 7. The fourth-order valence-corrected chi connectivity index (χ4v) is 2.77. The lowest BCUT2D eigenvalue weighted by atomic mass is 10.1. The first-order valence-electron chi connectivity index (χ1n) is 8.87. The molecule has 0 radical (unpaired) electrons. The average molecular weight is 417 g/mol. The van der Waals surface area contributed by atoms with Crippen LogP contribution in [0.2, 0.25) is 5.02 Å². The summed E-state index contributed by atoms with van der Waals surface area (Å²) >= 11 is 6.01. The Morgan fingerprint density at radius 3 is 2.55 bits per heavy atom. The van der Waals surface area contributed by atoms with Crippen molar-refractivity contribution in [3.05, 3.63) is 70.4 Å². The zero-order valence-corrected chi connectivity index (χ0v) is 16.9. The topological polar surface area (TPSA) is 97.4 Å². The number of carbonyl (C=O) groups is 1. The van der Waals surface area contributed by atoms with Crippen LogP contribution in [0.1, 0.15) is 13.8 Å². The Hall–Kier alpha value is -3.26. The molecule has 1 unspecified atom stereocenters. The molecule has 0 bridgehead atoms. The van der Waals surface area contributed by atoms with Gasteiger partial charge in [-0.25, -0.2) is 0 Å². The van der Waals surface area contributed by atoms with Crippen LogP contribution in [0, 0.1) is 16.0 Å². The second kappa shape index (κ2) is 10.3. The molecule has 2 aromatic carbocycles. The average Bonchev–Trinajstić information content (AvgIpc) is 2.71. The summed E-state index contributed by atoms with van der Waals surface area (Å²) in [7, 11) is 0. The van der Waals surface area contributed by atoms with Gasteiger partial charge in [-0.3, -0.25) is 14.9 Å². The number of hydrogen-bond donors (Lipinski definition) is 0. The summed E-state index contributed by atoms with van der Waals surface area (Å²) in [5.41, 5.74) is 1.76. The fraction of sp³-hybridized carbons (Fsp3) is 0.250. The van der Waals surface area contributed by atoms with E-state index in [0.29, 0.717) is 24.5 Å². The summed E-state index contributed by atoms with van der Waals surface area (Å²) in [6.07, 6.45) is 1.13. The zero-order valence-electron chi connectivity index (χ0n) is 16.1. The van der Waals surface area contributed by atoms with Crippen molar-refractivity contribution < 1.29 is 14.5 Å². The van der Waals surface area contributed by atoms with E-state index in [-0.39, 0.29) is 22.6 Å². The molecule has 0 spiro atoms. The highest BCUT2D eigenvalue weighted by molar-refractivity contribution is 6.33. The highest BCUT2D eigenvalue weighted by Crippen LogP contribution is 2.30. The van der Waals surface area contributed by atoms with E-state index in [1.165, 1.54) is 18.2 Å². The Morgan fingerprint density at radius 1 is 1.31 bits per heavy atom. The van der Waals surface area contributed by atoms with Crippen LogP contribution in [0.5, 0.6) is 0 Å². The first kappa shape index (κ1) is 22.0. The minimum Gasteiger partial charge on any atom is -0.435 e. The normalized spacial score (nSPS) is 11.8. The molecular weight excluding hydrogens is 396 g/mol. The number of nitro groups is 1. The van der Waals surface area contributed by atoms with Crippen LogP contribution in [-0.2, 0) is 9.53 Å². The van der Waals surface area contributed by atoms with Crippen molar-refractivity contribution >= 4 is 40.3 Å².